The third kappa shape index (κ3) is 2.49. The van der Waals surface area contributed by atoms with Gasteiger partial charge in [0.05, 0.1) is 5.69 Å². The van der Waals surface area contributed by atoms with Crippen LogP contribution >= 0.6 is 0 Å². The Morgan fingerprint density at radius 2 is 2.36 bits per heavy atom. The molecule has 0 spiro atoms. The molecule has 0 aliphatic carbocycles. The molecular weight excluding hydrogens is 174 g/mol. The maximum absolute atomic E-state index is 5.75. The number of imidazole rings is 1. The van der Waals surface area contributed by atoms with E-state index in [0.717, 1.165) is 29.9 Å². The lowest BCUT2D eigenvalue weighted by Gasteiger charge is -1.91. The molecule has 0 aliphatic rings. The SMILES string of the molecule is C=C/C(C)=C\c1[nH]c(CCC)nc1N. The Balaban J connectivity index is 2.92. The average Bonchev–Trinajstić information content (AvgIpc) is 2.47. The highest BCUT2D eigenvalue weighted by Crippen LogP contribution is 2.13. The van der Waals surface area contributed by atoms with Gasteiger partial charge in [-0.05, 0) is 25.0 Å². The number of nitrogens with zero attached hydrogens (tertiary/aromatic N) is 1. The summed E-state index contributed by atoms with van der Waals surface area (Å²) >= 11 is 0. The summed E-state index contributed by atoms with van der Waals surface area (Å²) in [6, 6.07) is 0. The largest absolute Gasteiger partial charge is 0.382 e. The first-order chi connectivity index (χ1) is 6.67. The molecule has 0 saturated heterocycles. The van der Waals surface area contributed by atoms with Crippen LogP contribution in [0.25, 0.3) is 6.08 Å². The Morgan fingerprint density at radius 1 is 1.64 bits per heavy atom. The van der Waals surface area contributed by atoms with Gasteiger partial charge < -0.3 is 10.7 Å². The van der Waals surface area contributed by atoms with Gasteiger partial charge in [0.2, 0.25) is 0 Å². The monoisotopic (exact) mass is 191 g/mol. The van der Waals surface area contributed by atoms with Crippen molar-refractivity contribution in [3.05, 3.63) is 29.7 Å². The quantitative estimate of drug-likeness (QED) is 0.718. The van der Waals surface area contributed by atoms with E-state index in [2.05, 4.69) is 23.5 Å². The number of H-pyrrole nitrogens is 1. The molecule has 0 fully saturated rings. The van der Waals surface area contributed by atoms with Crippen LogP contribution in [-0.4, -0.2) is 9.97 Å². The molecule has 0 aliphatic heterocycles. The highest BCUT2D eigenvalue weighted by molar-refractivity contribution is 5.61. The maximum atomic E-state index is 5.75. The second kappa shape index (κ2) is 4.65. The first kappa shape index (κ1) is 10.6. The third-order valence-corrected chi connectivity index (χ3v) is 1.99. The normalized spacial score (nSPS) is 11.7. The zero-order chi connectivity index (χ0) is 10.6. The van der Waals surface area contributed by atoms with Crippen LogP contribution in [0.5, 0.6) is 0 Å². The fourth-order valence-electron chi connectivity index (χ4n) is 1.20. The summed E-state index contributed by atoms with van der Waals surface area (Å²) < 4.78 is 0. The lowest BCUT2D eigenvalue weighted by Crippen LogP contribution is -1.88. The van der Waals surface area contributed by atoms with E-state index in [0.29, 0.717) is 5.82 Å². The smallest absolute Gasteiger partial charge is 0.149 e. The fraction of sp³-hybridized carbons (Fsp3) is 0.364. The van der Waals surface area contributed by atoms with Crippen molar-refractivity contribution in [2.75, 3.05) is 5.73 Å². The predicted molar refractivity (Wildman–Crippen MR) is 60.8 cm³/mol. The summed E-state index contributed by atoms with van der Waals surface area (Å²) in [5, 5.41) is 0. The minimum absolute atomic E-state index is 0.564. The number of nitrogen functional groups attached to an aromatic ring is 1. The number of nitrogens with two attached hydrogens (primary N) is 1. The number of anilines is 1. The van der Waals surface area contributed by atoms with Crippen LogP contribution in [0, 0.1) is 0 Å². The first-order valence-electron chi connectivity index (χ1n) is 4.82. The molecule has 0 saturated carbocycles. The molecule has 1 heterocycles. The van der Waals surface area contributed by atoms with Gasteiger partial charge in [0, 0.05) is 6.42 Å². The molecule has 0 atom stereocenters. The lowest BCUT2D eigenvalue weighted by atomic mass is 10.2. The second-order valence-corrected chi connectivity index (χ2v) is 3.32. The van der Waals surface area contributed by atoms with Crippen molar-refractivity contribution in [1.82, 2.24) is 9.97 Å². The van der Waals surface area contributed by atoms with E-state index >= 15 is 0 Å². The molecule has 3 heteroatoms. The lowest BCUT2D eigenvalue weighted by molar-refractivity contribution is 0.856. The number of hydrogen-bond acceptors (Lipinski definition) is 2. The number of aromatic nitrogens is 2. The number of allylic oxidation sites excluding steroid dienone is 2. The van der Waals surface area contributed by atoms with Crippen molar-refractivity contribution in [3.63, 3.8) is 0 Å². The van der Waals surface area contributed by atoms with E-state index < -0.39 is 0 Å². The van der Waals surface area contributed by atoms with Gasteiger partial charge in [-0.2, -0.15) is 0 Å². The molecular formula is C11H17N3. The Kier molecular flexibility index (Phi) is 3.51. The Hall–Kier alpha value is -1.51. The highest BCUT2D eigenvalue weighted by Gasteiger charge is 2.03. The van der Waals surface area contributed by atoms with E-state index in [1.807, 2.05) is 13.0 Å². The van der Waals surface area contributed by atoms with Crippen molar-refractivity contribution in [2.24, 2.45) is 0 Å². The van der Waals surface area contributed by atoms with E-state index in [9.17, 15) is 0 Å². The molecule has 0 aromatic carbocycles. The van der Waals surface area contributed by atoms with Gasteiger partial charge in [-0.25, -0.2) is 4.98 Å². The topological polar surface area (TPSA) is 54.7 Å². The van der Waals surface area contributed by atoms with Crippen LogP contribution in [0.4, 0.5) is 5.82 Å². The number of nitrogens with one attached hydrogen (secondary N) is 1. The van der Waals surface area contributed by atoms with Gasteiger partial charge in [-0.3, -0.25) is 0 Å². The molecule has 1 rings (SSSR count). The predicted octanol–water partition coefficient (Wildman–Crippen LogP) is 2.53. The Morgan fingerprint density at radius 3 is 2.93 bits per heavy atom. The number of aromatic amines is 1. The van der Waals surface area contributed by atoms with Crippen molar-refractivity contribution in [1.29, 1.82) is 0 Å². The minimum atomic E-state index is 0.564. The van der Waals surface area contributed by atoms with E-state index in [4.69, 9.17) is 5.73 Å². The second-order valence-electron chi connectivity index (χ2n) is 3.32. The molecule has 0 amide bonds. The van der Waals surface area contributed by atoms with Crippen LogP contribution < -0.4 is 5.73 Å². The number of rotatable bonds is 4. The zero-order valence-corrected chi connectivity index (χ0v) is 8.80. The molecule has 3 nitrogen and oxygen atoms in total. The molecule has 76 valence electrons. The van der Waals surface area contributed by atoms with Gasteiger partial charge in [-0.15, -0.1) is 0 Å². The average molecular weight is 191 g/mol. The summed E-state index contributed by atoms with van der Waals surface area (Å²) in [5.41, 5.74) is 7.71. The summed E-state index contributed by atoms with van der Waals surface area (Å²) in [5.74, 6) is 1.52. The van der Waals surface area contributed by atoms with Gasteiger partial charge in [-0.1, -0.05) is 19.6 Å². The Labute approximate surface area is 84.7 Å². The van der Waals surface area contributed by atoms with Crippen molar-refractivity contribution in [2.45, 2.75) is 26.7 Å². The van der Waals surface area contributed by atoms with Crippen molar-refractivity contribution < 1.29 is 0 Å². The molecule has 0 radical (unpaired) electrons. The van der Waals surface area contributed by atoms with Crippen molar-refractivity contribution >= 4 is 11.9 Å². The third-order valence-electron chi connectivity index (χ3n) is 1.99. The minimum Gasteiger partial charge on any atom is -0.382 e. The molecule has 1 aromatic heterocycles. The van der Waals surface area contributed by atoms with Crippen LogP contribution in [-0.2, 0) is 6.42 Å². The molecule has 3 N–H and O–H groups in total. The van der Waals surface area contributed by atoms with Gasteiger partial charge in [0.1, 0.15) is 11.6 Å². The fourth-order valence-corrected chi connectivity index (χ4v) is 1.20. The standard InChI is InChI=1S/C11H17N3/c1-4-6-10-13-9(11(12)14-10)7-8(3)5-2/h5,7H,2,4,6,12H2,1,3H3,(H,13,14)/b8-7-. The molecule has 14 heavy (non-hydrogen) atoms. The van der Waals surface area contributed by atoms with Gasteiger partial charge >= 0.3 is 0 Å². The maximum Gasteiger partial charge on any atom is 0.149 e. The van der Waals surface area contributed by atoms with Crippen LogP contribution in [0.15, 0.2) is 18.2 Å². The van der Waals surface area contributed by atoms with E-state index in [1.54, 1.807) is 6.08 Å². The van der Waals surface area contributed by atoms with Crippen LogP contribution in [0.2, 0.25) is 0 Å². The Bertz CT molecular complexity index is 347. The highest BCUT2D eigenvalue weighted by atomic mass is 15.0. The van der Waals surface area contributed by atoms with Gasteiger partial charge in [0.25, 0.3) is 0 Å². The molecule has 0 unspecified atom stereocenters. The van der Waals surface area contributed by atoms with Crippen LogP contribution in [0.3, 0.4) is 0 Å². The van der Waals surface area contributed by atoms with E-state index in [-0.39, 0.29) is 0 Å². The summed E-state index contributed by atoms with van der Waals surface area (Å²) in [6.45, 7) is 7.78. The first-order valence-corrected chi connectivity index (χ1v) is 4.82. The molecule has 0 bridgehead atoms. The number of aryl methyl sites for hydroxylation is 1. The number of hydrogen-bond donors (Lipinski definition) is 2. The summed E-state index contributed by atoms with van der Waals surface area (Å²) in [4.78, 5) is 7.42. The zero-order valence-electron chi connectivity index (χ0n) is 8.80. The van der Waals surface area contributed by atoms with Gasteiger partial charge in [0.15, 0.2) is 0 Å². The van der Waals surface area contributed by atoms with Crippen LogP contribution in [0.1, 0.15) is 31.8 Å². The summed E-state index contributed by atoms with van der Waals surface area (Å²) in [7, 11) is 0. The van der Waals surface area contributed by atoms with E-state index in [1.165, 1.54) is 0 Å². The molecule has 1 aromatic rings. The summed E-state index contributed by atoms with van der Waals surface area (Å²) in [6.07, 6.45) is 5.75. The van der Waals surface area contributed by atoms with Crippen molar-refractivity contribution in [3.8, 4) is 0 Å².